The summed E-state index contributed by atoms with van der Waals surface area (Å²) in [5.74, 6) is 0. The number of rotatable bonds is 6. The van der Waals surface area contributed by atoms with Gasteiger partial charge in [-0.1, -0.05) is 40.9 Å². The van der Waals surface area contributed by atoms with E-state index in [0.717, 1.165) is 9.56 Å². The number of nitrogens with one attached hydrogen (secondary N) is 1. The molecule has 0 bridgehead atoms. The number of nitrogens with zero attached hydrogens (tertiary/aromatic N) is 2. The van der Waals surface area contributed by atoms with E-state index < -0.39 is 5.56 Å². The van der Waals surface area contributed by atoms with Crippen LogP contribution < -0.4 is 10.9 Å². The van der Waals surface area contributed by atoms with E-state index in [1.54, 1.807) is 23.5 Å². The van der Waals surface area contributed by atoms with E-state index in [2.05, 4.69) is 10.4 Å². The first-order valence-corrected chi connectivity index (χ1v) is 9.66. The summed E-state index contributed by atoms with van der Waals surface area (Å²) in [5.41, 5.74) is 0.277. The molecule has 0 aliphatic carbocycles. The molecule has 3 rings (SSSR count). The molecule has 1 atom stereocenters. The smallest absolute Gasteiger partial charge is 0.292 e. The predicted molar refractivity (Wildman–Crippen MR) is 107 cm³/mol. The second kappa shape index (κ2) is 8.41. The van der Waals surface area contributed by atoms with Crippen LogP contribution in [0.25, 0.3) is 5.69 Å². The minimum Gasteiger partial charge on any atom is -0.396 e. The van der Waals surface area contributed by atoms with Gasteiger partial charge in [-0.3, -0.25) is 4.79 Å². The predicted octanol–water partition coefficient (Wildman–Crippen LogP) is 4.79. The van der Waals surface area contributed by atoms with Gasteiger partial charge in [0.2, 0.25) is 0 Å². The molecule has 5 nitrogen and oxygen atoms in total. The summed E-state index contributed by atoms with van der Waals surface area (Å²) in [6, 6.07) is 8.45. The lowest BCUT2D eigenvalue weighted by molar-refractivity contribution is 0.280. The Morgan fingerprint density at radius 1 is 1.27 bits per heavy atom. The quantitative estimate of drug-likeness (QED) is 0.590. The van der Waals surface area contributed by atoms with Gasteiger partial charge in [0.25, 0.3) is 5.56 Å². The van der Waals surface area contributed by atoms with Crippen LogP contribution in [-0.4, -0.2) is 21.5 Å². The molecule has 0 saturated carbocycles. The molecule has 0 spiro atoms. The first kappa shape index (κ1) is 19.2. The Balaban J connectivity index is 1.96. The molecule has 0 aliphatic rings. The fraction of sp³-hybridized carbons (Fsp3) is 0.176. The van der Waals surface area contributed by atoms with Crippen molar-refractivity contribution in [1.29, 1.82) is 0 Å². The Bertz CT molecular complexity index is 960. The first-order valence-electron chi connectivity index (χ1n) is 7.65. The van der Waals surface area contributed by atoms with Crippen LogP contribution in [0.15, 0.2) is 46.7 Å². The van der Waals surface area contributed by atoms with Gasteiger partial charge in [-0.05, 0) is 36.1 Å². The SMILES string of the molecule is O=c1c(Cl)c(NC(CCO)c2cccs2)cnn1-c1ccc(Cl)cc1Cl. The number of thiophene rings is 1. The van der Waals surface area contributed by atoms with Crippen molar-refractivity contribution >= 4 is 51.8 Å². The summed E-state index contributed by atoms with van der Waals surface area (Å²) >= 11 is 19.9. The largest absolute Gasteiger partial charge is 0.396 e. The third-order valence-electron chi connectivity index (χ3n) is 3.69. The molecule has 3 aromatic rings. The second-order valence-electron chi connectivity index (χ2n) is 5.41. The van der Waals surface area contributed by atoms with Crippen LogP contribution in [0, 0.1) is 0 Å². The lowest BCUT2D eigenvalue weighted by Crippen LogP contribution is -2.24. The van der Waals surface area contributed by atoms with Crippen molar-refractivity contribution in [3.63, 3.8) is 0 Å². The van der Waals surface area contributed by atoms with Crippen LogP contribution in [0.1, 0.15) is 17.3 Å². The molecule has 0 aliphatic heterocycles. The van der Waals surface area contributed by atoms with Gasteiger partial charge in [-0.25, -0.2) is 0 Å². The molecule has 26 heavy (non-hydrogen) atoms. The minimum atomic E-state index is -0.505. The Hall–Kier alpha value is -1.57. The zero-order valence-electron chi connectivity index (χ0n) is 13.3. The summed E-state index contributed by atoms with van der Waals surface area (Å²) < 4.78 is 1.12. The summed E-state index contributed by atoms with van der Waals surface area (Å²) in [6.45, 7) is -0.00192. The van der Waals surface area contributed by atoms with Gasteiger partial charge in [-0.15, -0.1) is 11.3 Å². The molecule has 0 amide bonds. The number of hydrogen-bond acceptors (Lipinski definition) is 5. The fourth-order valence-electron chi connectivity index (χ4n) is 2.45. The Kier molecular flexibility index (Phi) is 6.21. The van der Waals surface area contributed by atoms with Crippen LogP contribution in [0.4, 0.5) is 5.69 Å². The molecule has 9 heteroatoms. The molecule has 2 heterocycles. The van der Waals surface area contributed by atoms with Crippen LogP contribution in [0.2, 0.25) is 15.1 Å². The zero-order valence-corrected chi connectivity index (χ0v) is 16.4. The van der Waals surface area contributed by atoms with Gasteiger partial charge in [-0.2, -0.15) is 9.78 Å². The number of aromatic nitrogens is 2. The average Bonchev–Trinajstić information content (AvgIpc) is 3.14. The van der Waals surface area contributed by atoms with Gasteiger partial charge >= 0.3 is 0 Å². The number of anilines is 1. The molecular formula is C17H14Cl3N3O2S. The lowest BCUT2D eigenvalue weighted by atomic mass is 10.1. The van der Waals surface area contributed by atoms with Crippen molar-refractivity contribution in [2.75, 3.05) is 11.9 Å². The first-order chi connectivity index (χ1) is 12.5. The lowest BCUT2D eigenvalue weighted by Gasteiger charge is -2.19. The topological polar surface area (TPSA) is 67.2 Å². The highest BCUT2D eigenvalue weighted by atomic mass is 35.5. The highest BCUT2D eigenvalue weighted by molar-refractivity contribution is 7.10. The molecule has 136 valence electrons. The molecule has 1 aromatic carbocycles. The van der Waals surface area contributed by atoms with Crippen LogP contribution >= 0.6 is 46.1 Å². The zero-order chi connectivity index (χ0) is 18.7. The number of aliphatic hydroxyl groups excluding tert-OH is 1. The van der Waals surface area contributed by atoms with Crippen molar-refractivity contribution in [2.24, 2.45) is 0 Å². The highest BCUT2D eigenvalue weighted by Crippen LogP contribution is 2.29. The molecule has 1 unspecified atom stereocenters. The molecule has 2 aromatic heterocycles. The summed E-state index contributed by atoms with van der Waals surface area (Å²) in [6.07, 6.45) is 1.94. The maximum Gasteiger partial charge on any atom is 0.292 e. The normalized spacial score (nSPS) is 12.2. The summed E-state index contributed by atoms with van der Waals surface area (Å²) in [7, 11) is 0. The van der Waals surface area contributed by atoms with E-state index in [1.165, 1.54) is 12.3 Å². The van der Waals surface area contributed by atoms with Gasteiger partial charge in [0.15, 0.2) is 0 Å². The van der Waals surface area contributed by atoms with E-state index in [9.17, 15) is 9.90 Å². The van der Waals surface area contributed by atoms with E-state index in [1.807, 2.05) is 17.5 Å². The Labute approximate surface area is 168 Å². The van der Waals surface area contributed by atoms with Gasteiger partial charge in [0.05, 0.1) is 28.6 Å². The van der Waals surface area contributed by atoms with Crippen molar-refractivity contribution in [3.8, 4) is 5.69 Å². The number of benzene rings is 1. The number of aliphatic hydroxyl groups is 1. The third-order valence-corrected chi connectivity index (χ3v) is 5.58. The average molecular weight is 431 g/mol. The van der Waals surface area contributed by atoms with E-state index >= 15 is 0 Å². The number of halogens is 3. The maximum atomic E-state index is 12.6. The Morgan fingerprint density at radius 2 is 2.08 bits per heavy atom. The Morgan fingerprint density at radius 3 is 2.73 bits per heavy atom. The van der Waals surface area contributed by atoms with Crippen LogP contribution in [-0.2, 0) is 0 Å². The standard InChI is InChI=1S/C17H14Cl3N3O2S/c18-10-3-4-14(11(19)8-10)23-17(25)16(20)13(9-21-23)22-12(5-6-24)15-2-1-7-26-15/h1-4,7-9,12,22,24H,5-6H2. The van der Waals surface area contributed by atoms with Gasteiger partial charge < -0.3 is 10.4 Å². The molecular weight excluding hydrogens is 417 g/mol. The van der Waals surface area contributed by atoms with E-state index in [4.69, 9.17) is 34.8 Å². The van der Waals surface area contributed by atoms with Crippen molar-refractivity contribution in [2.45, 2.75) is 12.5 Å². The van der Waals surface area contributed by atoms with Crippen LogP contribution in [0.3, 0.4) is 0 Å². The molecule has 2 N–H and O–H groups in total. The minimum absolute atomic E-state index is 0.00192. The third kappa shape index (κ3) is 4.05. The summed E-state index contributed by atoms with van der Waals surface area (Å²) in [5, 5.41) is 19.3. The maximum absolute atomic E-state index is 12.6. The van der Waals surface area contributed by atoms with Gasteiger partial charge in [0.1, 0.15) is 5.02 Å². The summed E-state index contributed by atoms with van der Waals surface area (Å²) in [4.78, 5) is 13.7. The number of hydrogen-bond donors (Lipinski definition) is 2. The van der Waals surface area contributed by atoms with E-state index in [0.29, 0.717) is 27.8 Å². The molecule has 0 saturated heterocycles. The van der Waals surface area contributed by atoms with Crippen molar-refractivity contribution in [3.05, 3.63) is 72.2 Å². The molecule has 0 fully saturated rings. The highest BCUT2D eigenvalue weighted by Gasteiger charge is 2.17. The van der Waals surface area contributed by atoms with Gasteiger partial charge in [0, 0.05) is 16.5 Å². The van der Waals surface area contributed by atoms with Crippen molar-refractivity contribution < 1.29 is 5.11 Å². The monoisotopic (exact) mass is 429 g/mol. The van der Waals surface area contributed by atoms with Crippen LogP contribution in [0.5, 0.6) is 0 Å². The fourth-order valence-corrected chi connectivity index (χ4v) is 3.93. The molecule has 0 radical (unpaired) electrons. The van der Waals surface area contributed by atoms with Crippen molar-refractivity contribution in [1.82, 2.24) is 9.78 Å². The van der Waals surface area contributed by atoms with E-state index in [-0.39, 0.29) is 17.7 Å². The second-order valence-corrected chi connectivity index (χ2v) is 7.61.